The second-order valence-corrected chi connectivity index (χ2v) is 7.89. The SMILES string of the molecule is CCc1c(O)cc(O)c(C(=O)c2ccc(OC(C)C)cc2)c1CC(=O)N(CCO)CCOC. The molecule has 8 heteroatoms. The molecule has 0 saturated heterocycles. The van der Waals surface area contributed by atoms with E-state index in [0.717, 1.165) is 6.07 Å². The number of ether oxygens (including phenoxy) is 2. The molecule has 2 aromatic rings. The number of aliphatic hydroxyl groups is 1. The third kappa shape index (κ3) is 6.69. The molecule has 0 atom stereocenters. The van der Waals surface area contributed by atoms with Crippen molar-refractivity contribution in [3.05, 3.63) is 52.6 Å². The molecule has 0 aliphatic heterocycles. The van der Waals surface area contributed by atoms with Crippen LogP contribution in [0.15, 0.2) is 30.3 Å². The van der Waals surface area contributed by atoms with Crippen LogP contribution in [0.1, 0.15) is 47.8 Å². The van der Waals surface area contributed by atoms with Gasteiger partial charge in [-0.05, 0) is 55.7 Å². The Morgan fingerprint density at radius 2 is 1.70 bits per heavy atom. The number of aromatic hydroxyl groups is 2. The number of benzene rings is 2. The van der Waals surface area contributed by atoms with E-state index in [1.54, 1.807) is 31.2 Å². The van der Waals surface area contributed by atoms with Gasteiger partial charge >= 0.3 is 0 Å². The highest BCUT2D eigenvalue weighted by molar-refractivity contribution is 6.12. The predicted octanol–water partition coefficient (Wildman–Crippen LogP) is 2.69. The molecule has 0 aliphatic rings. The highest BCUT2D eigenvalue weighted by Gasteiger charge is 2.26. The van der Waals surface area contributed by atoms with Crippen molar-refractivity contribution in [2.75, 3.05) is 33.4 Å². The van der Waals surface area contributed by atoms with Crippen molar-refractivity contribution in [3.8, 4) is 17.2 Å². The number of carbonyl (C=O) groups excluding carboxylic acids is 2. The van der Waals surface area contributed by atoms with Gasteiger partial charge in [-0.25, -0.2) is 0 Å². The summed E-state index contributed by atoms with van der Waals surface area (Å²) in [7, 11) is 1.51. The Balaban J connectivity index is 2.48. The van der Waals surface area contributed by atoms with Gasteiger partial charge < -0.3 is 29.7 Å². The van der Waals surface area contributed by atoms with Gasteiger partial charge in [-0.3, -0.25) is 9.59 Å². The van der Waals surface area contributed by atoms with Crippen LogP contribution < -0.4 is 4.74 Å². The molecular weight excluding hydrogens is 426 g/mol. The molecule has 2 rings (SSSR count). The first-order valence-electron chi connectivity index (χ1n) is 11.0. The minimum absolute atomic E-state index is 0.0163. The fraction of sp³-hybridized carbons (Fsp3) is 0.440. The molecule has 0 bridgehead atoms. The molecule has 3 N–H and O–H groups in total. The van der Waals surface area contributed by atoms with Crippen molar-refractivity contribution in [1.29, 1.82) is 0 Å². The standard InChI is InChI=1S/C25H33NO7/c1-5-19-20(14-23(30)26(10-12-27)11-13-32-4)24(22(29)15-21(19)28)25(31)17-6-8-18(9-7-17)33-16(2)3/h6-9,15-16,27-29H,5,10-14H2,1-4H3. The molecule has 2 aromatic carbocycles. The smallest absolute Gasteiger partial charge is 0.227 e. The Kier molecular flexibility index (Phi) is 9.69. The van der Waals surface area contributed by atoms with Gasteiger partial charge in [0, 0.05) is 31.8 Å². The Bertz CT molecular complexity index is 954. The summed E-state index contributed by atoms with van der Waals surface area (Å²) in [5.74, 6) is -0.785. The number of aliphatic hydroxyl groups excluding tert-OH is 1. The van der Waals surface area contributed by atoms with Crippen LogP contribution in [0.25, 0.3) is 0 Å². The number of rotatable bonds is 12. The topological polar surface area (TPSA) is 117 Å². The zero-order valence-electron chi connectivity index (χ0n) is 19.6. The van der Waals surface area contributed by atoms with Gasteiger partial charge in [0.05, 0.1) is 31.3 Å². The second-order valence-electron chi connectivity index (χ2n) is 7.89. The van der Waals surface area contributed by atoms with E-state index in [0.29, 0.717) is 23.3 Å². The van der Waals surface area contributed by atoms with Crippen molar-refractivity contribution in [1.82, 2.24) is 4.90 Å². The average Bonchev–Trinajstić information content (AvgIpc) is 2.76. The molecule has 0 aliphatic carbocycles. The molecular formula is C25H33NO7. The highest BCUT2D eigenvalue weighted by Crippen LogP contribution is 2.35. The number of phenols is 2. The molecule has 180 valence electrons. The monoisotopic (exact) mass is 459 g/mol. The van der Waals surface area contributed by atoms with Crippen molar-refractivity contribution < 1.29 is 34.4 Å². The van der Waals surface area contributed by atoms with Crippen LogP contribution in [0.3, 0.4) is 0 Å². The molecule has 1 amide bonds. The van der Waals surface area contributed by atoms with Gasteiger partial charge in [-0.2, -0.15) is 0 Å². The van der Waals surface area contributed by atoms with E-state index in [-0.39, 0.29) is 61.6 Å². The van der Waals surface area contributed by atoms with Gasteiger partial charge in [-0.1, -0.05) is 6.92 Å². The molecule has 0 fully saturated rings. The van der Waals surface area contributed by atoms with Gasteiger partial charge in [0.25, 0.3) is 0 Å². The van der Waals surface area contributed by atoms with E-state index >= 15 is 0 Å². The first-order valence-corrected chi connectivity index (χ1v) is 11.0. The lowest BCUT2D eigenvalue weighted by atomic mass is 9.89. The van der Waals surface area contributed by atoms with E-state index in [9.17, 15) is 24.9 Å². The van der Waals surface area contributed by atoms with E-state index in [2.05, 4.69) is 0 Å². The first kappa shape index (κ1) is 26.2. The third-order valence-electron chi connectivity index (χ3n) is 5.19. The summed E-state index contributed by atoms with van der Waals surface area (Å²) in [6.45, 7) is 6.03. The van der Waals surface area contributed by atoms with Crippen LogP contribution in [0, 0.1) is 0 Å². The maximum atomic E-state index is 13.4. The molecule has 33 heavy (non-hydrogen) atoms. The number of nitrogens with zero attached hydrogens (tertiary/aromatic N) is 1. The van der Waals surface area contributed by atoms with Gasteiger partial charge in [0.2, 0.25) is 5.91 Å². The van der Waals surface area contributed by atoms with Crippen molar-refractivity contribution in [2.45, 2.75) is 39.7 Å². The summed E-state index contributed by atoms with van der Waals surface area (Å²) in [6.07, 6.45) is 0.121. The van der Waals surface area contributed by atoms with Crippen molar-refractivity contribution in [2.24, 2.45) is 0 Å². The number of phenolic OH excluding ortho intramolecular Hbond substituents is 2. The third-order valence-corrected chi connectivity index (χ3v) is 5.19. The molecule has 0 unspecified atom stereocenters. The minimum atomic E-state index is -0.466. The summed E-state index contributed by atoms with van der Waals surface area (Å²) in [6, 6.07) is 7.67. The van der Waals surface area contributed by atoms with Gasteiger partial charge in [-0.15, -0.1) is 0 Å². The summed E-state index contributed by atoms with van der Waals surface area (Å²) < 4.78 is 10.6. The van der Waals surface area contributed by atoms with E-state index < -0.39 is 11.5 Å². The van der Waals surface area contributed by atoms with Crippen LogP contribution in [0.5, 0.6) is 17.2 Å². The zero-order chi connectivity index (χ0) is 24.5. The molecule has 0 spiro atoms. The van der Waals surface area contributed by atoms with Crippen LogP contribution in [0.2, 0.25) is 0 Å². The minimum Gasteiger partial charge on any atom is -0.508 e. The number of ketones is 1. The maximum absolute atomic E-state index is 13.4. The summed E-state index contributed by atoms with van der Waals surface area (Å²) in [4.78, 5) is 27.8. The fourth-order valence-corrected chi connectivity index (χ4v) is 3.64. The number of amides is 1. The summed E-state index contributed by atoms with van der Waals surface area (Å²) >= 11 is 0. The lowest BCUT2D eigenvalue weighted by Crippen LogP contribution is -2.37. The number of carbonyl (C=O) groups is 2. The average molecular weight is 460 g/mol. The van der Waals surface area contributed by atoms with Crippen LogP contribution >= 0.6 is 0 Å². The lowest BCUT2D eigenvalue weighted by molar-refractivity contribution is -0.131. The molecule has 0 heterocycles. The summed E-state index contributed by atoms with van der Waals surface area (Å²) in [5, 5.41) is 30.3. The van der Waals surface area contributed by atoms with Crippen LogP contribution in [-0.4, -0.2) is 71.4 Å². The van der Waals surface area contributed by atoms with Crippen molar-refractivity contribution in [3.63, 3.8) is 0 Å². The number of hydrogen-bond acceptors (Lipinski definition) is 7. The lowest BCUT2D eigenvalue weighted by Gasteiger charge is -2.23. The van der Waals surface area contributed by atoms with Crippen molar-refractivity contribution >= 4 is 11.7 Å². The quantitative estimate of drug-likeness (QED) is 0.418. The largest absolute Gasteiger partial charge is 0.508 e. The first-order chi connectivity index (χ1) is 15.7. The second kappa shape index (κ2) is 12.2. The molecule has 8 nitrogen and oxygen atoms in total. The Labute approximate surface area is 194 Å². The number of methoxy groups -OCH3 is 1. The van der Waals surface area contributed by atoms with E-state index in [1.807, 2.05) is 13.8 Å². The molecule has 0 aromatic heterocycles. The number of hydrogen-bond donors (Lipinski definition) is 3. The normalized spacial score (nSPS) is 11.0. The zero-order valence-corrected chi connectivity index (χ0v) is 19.6. The van der Waals surface area contributed by atoms with E-state index in [1.165, 1.54) is 12.0 Å². The van der Waals surface area contributed by atoms with Crippen LogP contribution in [-0.2, 0) is 22.4 Å². The van der Waals surface area contributed by atoms with Gasteiger partial charge in [0.15, 0.2) is 5.78 Å². The summed E-state index contributed by atoms with van der Waals surface area (Å²) in [5.41, 5.74) is 0.980. The Hall–Kier alpha value is -3.10. The predicted molar refractivity (Wildman–Crippen MR) is 124 cm³/mol. The van der Waals surface area contributed by atoms with E-state index in [4.69, 9.17) is 9.47 Å². The Morgan fingerprint density at radius 3 is 2.24 bits per heavy atom. The highest BCUT2D eigenvalue weighted by atomic mass is 16.5. The van der Waals surface area contributed by atoms with Gasteiger partial charge in [0.1, 0.15) is 17.2 Å². The van der Waals surface area contributed by atoms with Crippen LogP contribution in [0.4, 0.5) is 0 Å². The molecule has 0 radical (unpaired) electrons. The fourth-order valence-electron chi connectivity index (χ4n) is 3.64. The Morgan fingerprint density at radius 1 is 1.03 bits per heavy atom. The molecule has 0 saturated carbocycles. The maximum Gasteiger partial charge on any atom is 0.227 e.